The average Bonchev–Trinajstić information content (AvgIpc) is 4.05. The molecule has 0 spiro atoms. The second kappa shape index (κ2) is 14.7. The molecule has 3 aromatic heterocycles. The molecule has 0 fully saturated rings. The van der Waals surface area contributed by atoms with Gasteiger partial charge in [-0.1, -0.05) is 164 Å². The van der Waals surface area contributed by atoms with Gasteiger partial charge in [0, 0.05) is 70.4 Å². The SMILES string of the molecule is c1ccc(-c2ccc(N(c3ccc(-c4cccc5c4sc4ccccc45)cc3)c3ccc4c(c3)oc3c(-c5ccccc5-c5ccccc5)c5c(cc34)oc3ccccc35)cc2)cc1. The molecule has 13 aromatic rings. The lowest BCUT2D eigenvalue weighted by atomic mass is 9.90. The van der Waals surface area contributed by atoms with Crippen LogP contribution in [0.15, 0.2) is 233 Å². The van der Waals surface area contributed by atoms with E-state index in [2.05, 4.69) is 217 Å². The summed E-state index contributed by atoms with van der Waals surface area (Å²) in [5.41, 5.74) is 15.7. The highest BCUT2D eigenvalue weighted by atomic mass is 32.1. The Bertz CT molecular complexity index is 3880. The van der Waals surface area contributed by atoms with E-state index in [-0.39, 0.29) is 0 Å². The predicted octanol–water partition coefficient (Wildman–Crippen LogP) is 18.0. The van der Waals surface area contributed by atoms with Crippen LogP contribution in [0.3, 0.4) is 0 Å². The van der Waals surface area contributed by atoms with Crippen LogP contribution in [0.1, 0.15) is 0 Å². The second-order valence-electron chi connectivity index (χ2n) is 16.4. The molecule has 10 aromatic carbocycles. The minimum absolute atomic E-state index is 0.807. The van der Waals surface area contributed by atoms with Gasteiger partial charge in [0.15, 0.2) is 0 Å². The molecule has 13 rings (SSSR count). The van der Waals surface area contributed by atoms with E-state index in [1.165, 1.54) is 42.4 Å². The molecule has 0 N–H and O–H groups in total. The lowest BCUT2D eigenvalue weighted by Gasteiger charge is -2.26. The second-order valence-corrected chi connectivity index (χ2v) is 17.4. The number of fused-ring (bicyclic) bond motifs is 9. The minimum atomic E-state index is 0.807. The van der Waals surface area contributed by atoms with E-state index < -0.39 is 0 Å². The van der Waals surface area contributed by atoms with Gasteiger partial charge in [-0.2, -0.15) is 0 Å². The smallest absolute Gasteiger partial charge is 0.144 e. The molecule has 3 heterocycles. The molecule has 0 aliphatic carbocycles. The predicted molar refractivity (Wildman–Crippen MR) is 270 cm³/mol. The number of rotatable bonds is 7. The molecular formula is C60H37NO2S. The van der Waals surface area contributed by atoms with Crippen LogP contribution in [0.5, 0.6) is 0 Å². The van der Waals surface area contributed by atoms with Crippen LogP contribution in [-0.4, -0.2) is 0 Å². The Morgan fingerprint density at radius 2 is 0.906 bits per heavy atom. The van der Waals surface area contributed by atoms with Crippen molar-refractivity contribution in [1.82, 2.24) is 0 Å². The number of hydrogen-bond donors (Lipinski definition) is 0. The van der Waals surface area contributed by atoms with E-state index in [1.54, 1.807) is 0 Å². The molecule has 0 aliphatic heterocycles. The number of thiophene rings is 1. The molecule has 0 aliphatic rings. The van der Waals surface area contributed by atoms with Gasteiger partial charge in [-0.15, -0.1) is 11.3 Å². The average molecular weight is 836 g/mol. The van der Waals surface area contributed by atoms with Crippen LogP contribution in [-0.2, 0) is 0 Å². The van der Waals surface area contributed by atoms with Crippen molar-refractivity contribution >= 4 is 92.4 Å². The summed E-state index contributed by atoms with van der Waals surface area (Å²) in [5.74, 6) is 0. The topological polar surface area (TPSA) is 29.5 Å². The summed E-state index contributed by atoms with van der Waals surface area (Å²) in [6.07, 6.45) is 0. The molecule has 4 heteroatoms. The van der Waals surface area contributed by atoms with Crippen LogP contribution in [0.2, 0.25) is 0 Å². The fourth-order valence-electron chi connectivity index (χ4n) is 9.71. The maximum atomic E-state index is 7.17. The molecule has 0 radical (unpaired) electrons. The highest BCUT2D eigenvalue weighted by Gasteiger charge is 2.24. The number of anilines is 3. The molecule has 300 valence electrons. The van der Waals surface area contributed by atoms with E-state index in [0.29, 0.717) is 0 Å². The van der Waals surface area contributed by atoms with Crippen LogP contribution in [0.25, 0.3) is 109 Å². The Hall–Kier alpha value is -8.18. The van der Waals surface area contributed by atoms with Gasteiger partial charge in [0.25, 0.3) is 0 Å². The summed E-state index contributed by atoms with van der Waals surface area (Å²) in [6.45, 7) is 0. The highest BCUT2D eigenvalue weighted by Crippen LogP contribution is 2.49. The molecular weight excluding hydrogens is 799 g/mol. The Labute approximate surface area is 373 Å². The lowest BCUT2D eigenvalue weighted by molar-refractivity contribution is 0.664. The summed E-state index contributed by atoms with van der Waals surface area (Å²) in [5, 5.41) is 6.78. The van der Waals surface area contributed by atoms with Gasteiger partial charge in [-0.05, 0) is 93.5 Å². The first-order valence-corrected chi connectivity index (χ1v) is 22.5. The zero-order valence-corrected chi connectivity index (χ0v) is 35.4. The third-order valence-corrected chi connectivity index (χ3v) is 13.9. The number of hydrogen-bond acceptors (Lipinski definition) is 4. The molecule has 64 heavy (non-hydrogen) atoms. The Morgan fingerprint density at radius 1 is 0.328 bits per heavy atom. The fourth-order valence-corrected chi connectivity index (χ4v) is 11.0. The van der Waals surface area contributed by atoms with E-state index in [9.17, 15) is 0 Å². The Morgan fingerprint density at radius 3 is 1.69 bits per heavy atom. The van der Waals surface area contributed by atoms with E-state index in [1.807, 2.05) is 23.5 Å². The van der Waals surface area contributed by atoms with Crippen LogP contribution in [0.4, 0.5) is 17.1 Å². The maximum Gasteiger partial charge on any atom is 0.144 e. The molecule has 0 atom stereocenters. The zero-order chi connectivity index (χ0) is 42.1. The van der Waals surface area contributed by atoms with Crippen molar-refractivity contribution in [2.24, 2.45) is 0 Å². The normalized spacial score (nSPS) is 11.8. The van der Waals surface area contributed by atoms with Crippen molar-refractivity contribution in [2.75, 3.05) is 4.90 Å². The molecule has 0 saturated carbocycles. The van der Waals surface area contributed by atoms with Crippen molar-refractivity contribution in [2.45, 2.75) is 0 Å². The largest absolute Gasteiger partial charge is 0.456 e. The molecule has 0 unspecified atom stereocenters. The van der Waals surface area contributed by atoms with E-state index in [0.717, 1.165) is 83.2 Å². The van der Waals surface area contributed by atoms with Crippen molar-refractivity contribution in [3.05, 3.63) is 224 Å². The molecule has 0 saturated heterocycles. The van der Waals surface area contributed by atoms with Gasteiger partial charge in [-0.3, -0.25) is 0 Å². The third-order valence-electron chi connectivity index (χ3n) is 12.7. The monoisotopic (exact) mass is 835 g/mol. The van der Waals surface area contributed by atoms with Gasteiger partial charge in [0.2, 0.25) is 0 Å². The standard InChI is InChI=1S/C60H37NO2S/c1-3-14-38(15-4-1)39-26-30-42(31-27-39)61(43-32-28-41(29-33-43)46-22-13-23-50-48-19-10-12-25-56(48)64-60(46)50)44-34-35-47-52-37-55-57(51-21-9-11-24-53(51)62-55)58(59(52)63-54(47)36-44)49-20-8-7-18-45(49)40-16-5-2-6-17-40/h1-37H. The van der Waals surface area contributed by atoms with E-state index in [4.69, 9.17) is 8.83 Å². The summed E-state index contributed by atoms with van der Waals surface area (Å²) in [6, 6.07) is 80.1. The molecule has 0 bridgehead atoms. The fraction of sp³-hybridized carbons (Fsp3) is 0. The first-order valence-electron chi connectivity index (χ1n) is 21.7. The third kappa shape index (κ3) is 5.88. The maximum absolute atomic E-state index is 7.17. The van der Waals surface area contributed by atoms with Gasteiger partial charge >= 0.3 is 0 Å². The number of benzene rings is 10. The number of nitrogens with zero attached hydrogens (tertiary/aromatic N) is 1. The Balaban J connectivity index is 0.994. The van der Waals surface area contributed by atoms with Crippen molar-refractivity contribution in [1.29, 1.82) is 0 Å². The summed E-state index contributed by atoms with van der Waals surface area (Å²) < 4.78 is 16.4. The van der Waals surface area contributed by atoms with Crippen molar-refractivity contribution in [3.63, 3.8) is 0 Å². The van der Waals surface area contributed by atoms with Crippen LogP contribution >= 0.6 is 11.3 Å². The molecule has 0 amide bonds. The zero-order valence-electron chi connectivity index (χ0n) is 34.5. The van der Waals surface area contributed by atoms with Crippen molar-refractivity contribution < 1.29 is 8.83 Å². The summed E-state index contributed by atoms with van der Waals surface area (Å²) in [7, 11) is 0. The first-order chi connectivity index (χ1) is 31.7. The molecule has 3 nitrogen and oxygen atoms in total. The lowest BCUT2D eigenvalue weighted by Crippen LogP contribution is -2.09. The number of para-hydroxylation sites is 1. The van der Waals surface area contributed by atoms with Crippen LogP contribution in [0, 0.1) is 0 Å². The quantitative estimate of drug-likeness (QED) is 0.160. The van der Waals surface area contributed by atoms with Gasteiger partial charge in [0.1, 0.15) is 22.3 Å². The van der Waals surface area contributed by atoms with Crippen molar-refractivity contribution in [3.8, 4) is 44.5 Å². The highest BCUT2D eigenvalue weighted by molar-refractivity contribution is 7.26. The first kappa shape index (κ1) is 36.5. The summed E-state index contributed by atoms with van der Waals surface area (Å²) >= 11 is 1.86. The number of furan rings is 2. The van der Waals surface area contributed by atoms with Gasteiger partial charge < -0.3 is 13.7 Å². The minimum Gasteiger partial charge on any atom is -0.456 e. The summed E-state index contributed by atoms with van der Waals surface area (Å²) in [4.78, 5) is 2.33. The Kier molecular flexibility index (Phi) is 8.40. The van der Waals surface area contributed by atoms with Crippen LogP contribution < -0.4 is 4.90 Å². The van der Waals surface area contributed by atoms with Gasteiger partial charge in [-0.25, -0.2) is 0 Å². The van der Waals surface area contributed by atoms with E-state index >= 15 is 0 Å². The van der Waals surface area contributed by atoms with Gasteiger partial charge in [0.05, 0.1) is 0 Å².